The molecule has 0 unspecified atom stereocenters. The first-order chi connectivity index (χ1) is 9.01. The predicted molar refractivity (Wildman–Crippen MR) is 70.8 cm³/mol. The van der Waals surface area contributed by atoms with E-state index in [9.17, 15) is 13.6 Å². The molecule has 1 N–H and O–H groups in total. The minimum Gasteiger partial charge on any atom is -0.465 e. The second-order valence-corrected chi connectivity index (χ2v) is 5.28. The van der Waals surface area contributed by atoms with Crippen LogP contribution in [0.2, 0.25) is 0 Å². The molecule has 0 amide bonds. The summed E-state index contributed by atoms with van der Waals surface area (Å²) >= 11 is 3.86. The number of nitrogens with zero attached hydrogens (tertiary/aromatic N) is 1. The summed E-state index contributed by atoms with van der Waals surface area (Å²) in [6.45, 7) is 0. The Morgan fingerprint density at radius 1 is 1.42 bits per heavy atom. The molecular weight excluding hydrogens is 342 g/mol. The second kappa shape index (κ2) is 5.62. The third-order valence-corrected chi connectivity index (χ3v) is 3.64. The van der Waals surface area contributed by atoms with Crippen molar-refractivity contribution >= 4 is 44.1 Å². The highest BCUT2D eigenvalue weighted by Gasteiger charge is 2.13. The smallest absolute Gasteiger partial charge is 0.349 e. The highest BCUT2D eigenvalue weighted by atomic mass is 79.9. The second-order valence-electron chi connectivity index (χ2n) is 3.39. The Morgan fingerprint density at radius 3 is 2.84 bits per heavy atom. The molecule has 0 aliphatic rings. The Labute approximate surface area is 119 Å². The van der Waals surface area contributed by atoms with Gasteiger partial charge in [-0.1, -0.05) is 11.3 Å². The van der Waals surface area contributed by atoms with E-state index >= 15 is 0 Å². The third kappa shape index (κ3) is 3.07. The van der Waals surface area contributed by atoms with Crippen LogP contribution in [-0.2, 0) is 4.74 Å². The molecule has 19 heavy (non-hydrogen) atoms. The molecule has 0 bridgehead atoms. The summed E-state index contributed by atoms with van der Waals surface area (Å²) in [4.78, 5) is 15.4. The number of aromatic nitrogens is 1. The Kier molecular flexibility index (Phi) is 4.11. The van der Waals surface area contributed by atoms with E-state index in [4.69, 9.17) is 0 Å². The minimum atomic E-state index is -0.636. The molecule has 1 heterocycles. The van der Waals surface area contributed by atoms with Gasteiger partial charge in [0, 0.05) is 6.07 Å². The first-order valence-electron chi connectivity index (χ1n) is 4.97. The molecule has 0 saturated carbocycles. The number of hydrogen-bond acceptors (Lipinski definition) is 5. The van der Waals surface area contributed by atoms with Crippen molar-refractivity contribution in [3.63, 3.8) is 0 Å². The average Bonchev–Trinajstić information content (AvgIpc) is 2.83. The Balaban J connectivity index is 2.24. The molecule has 4 nitrogen and oxygen atoms in total. The highest BCUT2D eigenvalue weighted by molar-refractivity contribution is 9.10. The van der Waals surface area contributed by atoms with Crippen molar-refractivity contribution in [2.24, 2.45) is 0 Å². The van der Waals surface area contributed by atoms with Crippen molar-refractivity contribution in [2.75, 3.05) is 12.4 Å². The molecule has 0 atom stereocenters. The molecule has 2 rings (SSSR count). The zero-order valence-electron chi connectivity index (χ0n) is 9.54. The summed E-state index contributed by atoms with van der Waals surface area (Å²) in [7, 11) is 1.25. The van der Waals surface area contributed by atoms with E-state index in [0.29, 0.717) is 0 Å². The van der Waals surface area contributed by atoms with Crippen LogP contribution in [0.3, 0.4) is 0 Å². The summed E-state index contributed by atoms with van der Waals surface area (Å²) in [5, 5.41) is 2.87. The molecule has 1 aromatic heterocycles. The number of rotatable bonds is 3. The predicted octanol–water partition coefficient (Wildman–Crippen LogP) is 3.71. The summed E-state index contributed by atoms with van der Waals surface area (Å²) in [6.07, 6.45) is 1.30. The van der Waals surface area contributed by atoms with Gasteiger partial charge in [-0.3, -0.25) is 0 Å². The van der Waals surface area contributed by atoms with Crippen LogP contribution in [0.1, 0.15) is 9.67 Å². The van der Waals surface area contributed by atoms with Crippen LogP contribution in [0.5, 0.6) is 0 Å². The van der Waals surface area contributed by atoms with Crippen LogP contribution in [0.15, 0.2) is 22.8 Å². The SMILES string of the molecule is COC(=O)c1cnc(Nc2cc(F)c(Br)cc2F)s1. The normalized spacial score (nSPS) is 10.3. The van der Waals surface area contributed by atoms with E-state index in [1.54, 1.807) is 0 Å². The fourth-order valence-electron chi connectivity index (χ4n) is 1.26. The van der Waals surface area contributed by atoms with Gasteiger partial charge >= 0.3 is 5.97 Å². The molecular formula is C11H7BrF2N2O2S. The summed E-state index contributed by atoms with van der Waals surface area (Å²) in [5.41, 5.74) is -0.0635. The standard InChI is InChI=1S/C11H7BrF2N2O2S/c1-18-10(17)9-4-15-11(19-9)16-8-3-6(13)5(12)2-7(8)14/h2-4H,1H3,(H,15,16). The van der Waals surface area contributed by atoms with Gasteiger partial charge in [0.15, 0.2) is 5.13 Å². The lowest BCUT2D eigenvalue weighted by Gasteiger charge is -2.05. The van der Waals surface area contributed by atoms with Gasteiger partial charge < -0.3 is 10.1 Å². The van der Waals surface area contributed by atoms with E-state index < -0.39 is 17.6 Å². The van der Waals surface area contributed by atoms with Crippen molar-refractivity contribution in [3.05, 3.63) is 39.3 Å². The first-order valence-corrected chi connectivity index (χ1v) is 6.58. The monoisotopic (exact) mass is 348 g/mol. The first kappa shape index (κ1) is 13.9. The number of halogens is 3. The van der Waals surface area contributed by atoms with E-state index in [1.165, 1.54) is 13.3 Å². The summed E-state index contributed by atoms with van der Waals surface area (Å²) in [6, 6.07) is 2.01. The van der Waals surface area contributed by atoms with Crippen molar-refractivity contribution in [3.8, 4) is 0 Å². The average molecular weight is 349 g/mol. The molecule has 100 valence electrons. The maximum absolute atomic E-state index is 13.6. The number of anilines is 2. The zero-order chi connectivity index (χ0) is 14.0. The molecule has 0 fully saturated rings. The van der Waals surface area contributed by atoms with Crippen molar-refractivity contribution in [1.82, 2.24) is 4.98 Å². The van der Waals surface area contributed by atoms with Crippen molar-refractivity contribution in [2.45, 2.75) is 0 Å². The van der Waals surface area contributed by atoms with Gasteiger partial charge in [-0.2, -0.15) is 0 Å². The number of nitrogens with one attached hydrogen (secondary N) is 1. The van der Waals surface area contributed by atoms with E-state index in [-0.39, 0.29) is 20.2 Å². The van der Waals surface area contributed by atoms with Gasteiger partial charge in [0.05, 0.1) is 23.5 Å². The largest absolute Gasteiger partial charge is 0.465 e. The Morgan fingerprint density at radius 2 is 2.16 bits per heavy atom. The Bertz CT molecular complexity index is 633. The van der Waals surface area contributed by atoms with Gasteiger partial charge in [0.2, 0.25) is 0 Å². The van der Waals surface area contributed by atoms with Crippen LogP contribution in [0, 0.1) is 11.6 Å². The van der Waals surface area contributed by atoms with E-state index in [1.807, 2.05) is 0 Å². The summed E-state index contributed by atoms with van der Waals surface area (Å²) in [5.74, 6) is -1.77. The number of benzene rings is 1. The summed E-state index contributed by atoms with van der Waals surface area (Å²) < 4.78 is 31.4. The molecule has 8 heteroatoms. The highest BCUT2D eigenvalue weighted by Crippen LogP contribution is 2.28. The Hall–Kier alpha value is -1.54. The van der Waals surface area contributed by atoms with E-state index in [2.05, 4.69) is 31.0 Å². The van der Waals surface area contributed by atoms with Gasteiger partial charge in [-0.15, -0.1) is 0 Å². The maximum atomic E-state index is 13.6. The molecule has 0 aliphatic heterocycles. The van der Waals surface area contributed by atoms with Crippen molar-refractivity contribution < 1.29 is 18.3 Å². The molecule has 0 saturated heterocycles. The van der Waals surface area contributed by atoms with Gasteiger partial charge in [0.1, 0.15) is 16.5 Å². The zero-order valence-corrected chi connectivity index (χ0v) is 11.9. The number of hydrogen-bond donors (Lipinski definition) is 1. The lowest BCUT2D eigenvalue weighted by Crippen LogP contribution is -1.97. The van der Waals surface area contributed by atoms with Crippen LogP contribution < -0.4 is 5.32 Å². The molecule has 0 radical (unpaired) electrons. The van der Waals surface area contributed by atoms with Crippen LogP contribution in [0.4, 0.5) is 19.6 Å². The lowest BCUT2D eigenvalue weighted by atomic mass is 10.3. The number of thiazole rings is 1. The molecule has 1 aromatic carbocycles. The molecule has 2 aromatic rings. The maximum Gasteiger partial charge on any atom is 0.349 e. The molecule has 0 spiro atoms. The van der Waals surface area contributed by atoms with Crippen molar-refractivity contribution in [1.29, 1.82) is 0 Å². The van der Waals surface area contributed by atoms with Crippen LogP contribution >= 0.6 is 27.3 Å². The van der Waals surface area contributed by atoms with Crippen LogP contribution in [-0.4, -0.2) is 18.1 Å². The fourth-order valence-corrected chi connectivity index (χ4v) is 2.32. The number of carbonyl (C=O) groups is 1. The topological polar surface area (TPSA) is 51.2 Å². The molecule has 0 aliphatic carbocycles. The third-order valence-electron chi connectivity index (χ3n) is 2.14. The van der Waals surface area contributed by atoms with E-state index in [0.717, 1.165) is 23.5 Å². The lowest BCUT2D eigenvalue weighted by molar-refractivity contribution is 0.0606. The number of methoxy groups -OCH3 is 1. The van der Waals surface area contributed by atoms with Crippen LogP contribution in [0.25, 0.3) is 0 Å². The number of carbonyl (C=O) groups excluding carboxylic acids is 1. The minimum absolute atomic E-state index is 0.0324. The van der Waals surface area contributed by atoms with Gasteiger partial charge in [0.25, 0.3) is 0 Å². The fraction of sp³-hybridized carbons (Fsp3) is 0.0909. The number of esters is 1. The quantitative estimate of drug-likeness (QED) is 0.678. The van der Waals surface area contributed by atoms with Gasteiger partial charge in [-0.25, -0.2) is 18.6 Å². The van der Waals surface area contributed by atoms with Gasteiger partial charge in [-0.05, 0) is 22.0 Å². The number of ether oxygens (including phenoxy) is 1.